The molecule has 0 radical (unpaired) electrons. The Kier molecular flexibility index (Phi) is 8.11. The van der Waals surface area contributed by atoms with Gasteiger partial charge in [0.05, 0.1) is 12.7 Å². The Labute approximate surface area is 208 Å². The highest BCUT2D eigenvalue weighted by Gasteiger charge is 2.42. The zero-order chi connectivity index (χ0) is 24.9. The monoisotopic (exact) mass is 501 g/mol. The molecule has 2 aliphatic heterocycles. The maximum atomic E-state index is 13.3. The van der Waals surface area contributed by atoms with E-state index in [4.69, 9.17) is 4.74 Å². The molecule has 0 atom stereocenters. The van der Waals surface area contributed by atoms with E-state index in [9.17, 15) is 18.3 Å². The highest BCUT2D eigenvalue weighted by Crippen LogP contribution is 2.37. The predicted octanol–water partition coefficient (Wildman–Crippen LogP) is 2.41. The summed E-state index contributed by atoms with van der Waals surface area (Å²) in [4.78, 5) is 13.0. The molecule has 8 nitrogen and oxygen atoms in total. The first-order valence-electron chi connectivity index (χ1n) is 12.2. The number of carbonyl (C=O) groups is 1. The van der Waals surface area contributed by atoms with Crippen LogP contribution >= 0.6 is 0 Å². The Morgan fingerprint density at radius 1 is 1.00 bits per heavy atom. The van der Waals surface area contributed by atoms with Crippen molar-refractivity contribution in [1.29, 1.82) is 0 Å². The molecule has 35 heavy (non-hydrogen) atoms. The summed E-state index contributed by atoms with van der Waals surface area (Å²) in [6.45, 7) is 2.19. The third-order valence-electron chi connectivity index (χ3n) is 7.49. The van der Waals surface area contributed by atoms with Gasteiger partial charge in [0.1, 0.15) is 5.75 Å². The summed E-state index contributed by atoms with van der Waals surface area (Å²) in [5.74, 6) is 0.490. The molecule has 0 unspecified atom stereocenters. The number of aliphatic hydroxyl groups is 1. The Hall–Kier alpha value is -2.46. The molecule has 9 heteroatoms. The molecule has 2 aliphatic rings. The summed E-state index contributed by atoms with van der Waals surface area (Å²) in [5, 5.41) is 12.5. The Morgan fingerprint density at radius 2 is 1.60 bits per heavy atom. The number of rotatable bonds is 8. The van der Waals surface area contributed by atoms with Crippen LogP contribution in [-0.4, -0.2) is 74.5 Å². The van der Waals surface area contributed by atoms with Crippen LogP contribution in [0.5, 0.6) is 5.75 Å². The fourth-order valence-electron chi connectivity index (χ4n) is 5.17. The topological polar surface area (TPSA) is 99.2 Å². The van der Waals surface area contributed by atoms with Crippen LogP contribution in [0, 0.1) is 5.92 Å². The van der Waals surface area contributed by atoms with E-state index in [1.807, 2.05) is 24.3 Å². The van der Waals surface area contributed by atoms with Gasteiger partial charge in [0.15, 0.2) is 0 Å². The van der Waals surface area contributed by atoms with Crippen LogP contribution in [0.1, 0.15) is 41.6 Å². The Balaban J connectivity index is 1.47. The summed E-state index contributed by atoms with van der Waals surface area (Å²) in [7, 11) is -2.01. The van der Waals surface area contributed by atoms with Crippen LogP contribution in [0.4, 0.5) is 0 Å². The fraction of sp³-hybridized carbons (Fsp3) is 0.500. The minimum Gasteiger partial charge on any atom is -0.496 e. The molecule has 2 aromatic rings. The highest BCUT2D eigenvalue weighted by atomic mass is 32.2. The van der Waals surface area contributed by atoms with Crippen molar-refractivity contribution in [3.05, 3.63) is 65.7 Å². The summed E-state index contributed by atoms with van der Waals surface area (Å²) in [5.41, 5.74) is 1.21. The third-order valence-corrected chi connectivity index (χ3v) is 9.52. The van der Waals surface area contributed by atoms with Crippen molar-refractivity contribution in [1.82, 2.24) is 13.9 Å². The van der Waals surface area contributed by atoms with E-state index in [1.165, 1.54) is 0 Å². The van der Waals surface area contributed by atoms with Gasteiger partial charge in [-0.15, -0.1) is 0 Å². The molecule has 2 aromatic carbocycles. The first kappa shape index (κ1) is 25.6. The number of piperidine rings is 2. The van der Waals surface area contributed by atoms with Crippen molar-refractivity contribution in [2.24, 2.45) is 5.92 Å². The SMILES string of the molecule is COc1ccccc1C(=O)NCC1(c2ccccc2)CCN(S(=O)(=O)N2CCC(CO)CC2)CC1. The lowest BCUT2D eigenvalue weighted by molar-refractivity contribution is 0.0929. The van der Waals surface area contributed by atoms with Gasteiger partial charge in [0, 0.05) is 44.7 Å². The summed E-state index contributed by atoms with van der Waals surface area (Å²) in [6, 6.07) is 17.1. The van der Waals surface area contributed by atoms with Gasteiger partial charge in [-0.25, -0.2) is 0 Å². The van der Waals surface area contributed by atoms with Gasteiger partial charge >= 0.3 is 0 Å². The predicted molar refractivity (Wildman–Crippen MR) is 135 cm³/mol. The summed E-state index contributed by atoms with van der Waals surface area (Å²) >= 11 is 0. The molecular formula is C26H35N3O5S. The van der Waals surface area contributed by atoms with E-state index < -0.39 is 10.2 Å². The summed E-state index contributed by atoms with van der Waals surface area (Å²) < 4.78 is 35.1. The normalized spacial score (nSPS) is 19.8. The molecule has 0 saturated carbocycles. The van der Waals surface area contributed by atoms with Gasteiger partial charge in [-0.2, -0.15) is 17.0 Å². The quantitative estimate of drug-likeness (QED) is 0.579. The first-order valence-corrected chi connectivity index (χ1v) is 13.6. The number of carbonyl (C=O) groups excluding carboxylic acids is 1. The van der Waals surface area contributed by atoms with E-state index in [2.05, 4.69) is 17.4 Å². The number of para-hydroxylation sites is 1. The maximum Gasteiger partial charge on any atom is 0.281 e. The fourth-order valence-corrected chi connectivity index (χ4v) is 6.81. The summed E-state index contributed by atoms with van der Waals surface area (Å²) in [6.07, 6.45) is 2.59. The van der Waals surface area contributed by atoms with E-state index in [-0.39, 0.29) is 23.8 Å². The van der Waals surface area contributed by atoms with Gasteiger partial charge in [0.25, 0.3) is 16.1 Å². The van der Waals surface area contributed by atoms with Crippen molar-refractivity contribution in [3.8, 4) is 5.75 Å². The number of nitrogens with one attached hydrogen (secondary N) is 1. The number of ether oxygens (including phenoxy) is 1. The van der Waals surface area contributed by atoms with Crippen LogP contribution in [0.15, 0.2) is 54.6 Å². The number of methoxy groups -OCH3 is 1. The van der Waals surface area contributed by atoms with Crippen molar-refractivity contribution >= 4 is 16.1 Å². The van der Waals surface area contributed by atoms with Gasteiger partial charge in [-0.1, -0.05) is 42.5 Å². The second kappa shape index (κ2) is 11.1. The lowest BCUT2D eigenvalue weighted by atomic mass is 9.73. The standard InChI is InChI=1S/C26H35N3O5S/c1-34-24-10-6-5-9-23(24)25(31)27-20-26(22-7-3-2-4-8-22)13-17-29(18-14-26)35(32,33)28-15-11-21(19-30)12-16-28/h2-10,21,30H,11-20H2,1H3,(H,27,31). The Morgan fingerprint density at radius 3 is 2.23 bits per heavy atom. The van der Waals surface area contributed by atoms with Crippen molar-refractivity contribution in [2.75, 3.05) is 46.4 Å². The zero-order valence-electron chi connectivity index (χ0n) is 20.2. The van der Waals surface area contributed by atoms with Crippen LogP contribution in [0.3, 0.4) is 0 Å². The molecule has 2 saturated heterocycles. The lowest BCUT2D eigenvalue weighted by Crippen LogP contribution is -2.54. The molecular weight excluding hydrogens is 466 g/mol. The average molecular weight is 502 g/mol. The molecule has 0 aromatic heterocycles. The number of amides is 1. The second-order valence-corrected chi connectivity index (χ2v) is 11.4. The van der Waals surface area contributed by atoms with Crippen molar-refractivity contribution < 1.29 is 23.1 Å². The van der Waals surface area contributed by atoms with E-state index in [0.717, 1.165) is 5.56 Å². The molecule has 0 aliphatic carbocycles. The van der Waals surface area contributed by atoms with Gasteiger partial charge in [-0.05, 0) is 49.3 Å². The molecule has 1 amide bonds. The van der Waals surface area contributed by atoms with Crippen LogP contribution in [0.2, 0.25) is 0 Å². The number of hydrogen-bond acceptors (Lipinski definition) is 5. The first-order chi connectivity index (χ1) is 16.9. The molecule has 2 fully saturated rings. The molecule has 4 rings (SSSR count). The minimum absolute atomic E-state index is 0.109. The minimum atomic E-state index is -3.55. The Bertz CT molecular complexity index is 1090. The maximum absolute atomic E-state index is 13.3. The second-order valence-electron chi connectivity index (χ2n) is 9.46. The largest absolute Gasteiger partial charge is 0.496 e. The van der Waals surface area contributed by atoms with Gasteiger partial charge < -0.3 is 15.2 Å². The average Bonchev–Trinajstić information content (AvgIpc) is 2.92. The zero-order valence-corrected chi connectivity index (χ0v) is 21.0. The number of benzene rings is 2. The number of nitrogens with zero attached hydrogens (tertiary/aromatic N) is 2. The number of hydrogen-bond donors (Lipinski definition) is 2. The van der Waals surface area contributed by atoms with E-state index in [0.29, 0.717) is 69.7 Å². The van der Waals surface area contributed by atoms with Crippen molar-refractivity contribution in [2.45, 2.75) is 31.1 Å². The van der Waals surface area contributed by atoms with Crippen molar-refractivity contribution in [3.63, 3.8) is 0 Å². The van der Waals surface area contributed by atoms with E-state index in [1.54, 1.807) is 33.9 Å². The third kappa shape index (κ3) is 5.53. The van der Waals surface area contributed by atoms with Crippen LogP contribution in [-0.2, 0) is 15.6 Å². The molecule has 190 valence electrons. The molecule has 2 N–H and O–H groups in total. The highest BCUT2D eigenvalue weighted by molar-refractivity contribution is 7.86. The molecule has 0 spiro atoms. The van der Waals surface area contributed by atoms with E-state index >= 15 is 0 Å². The molecule has 2 heterocycles. The van der Waals surface area contributed by atoms with Crippen LogP contribution in [0.25, 0.3) is 0 Å². The van der Waals surface area contributed by atoms with Crippen LogP contribution < -0.4 is 10.1 Å². The molecule has 0 bridgehead atoms. The van der Waals surface area contributed by atoms with Gasteiger partial charge in [0.2, 0.25) is 0 Å². The van der Waals surface area contributed by atoms with Gasteiger partial charge in [-0.3, -0.25) is 4.79 Å². The smallest absolute Gasteiger partial charge is 0.281 e. The number of aliphatic hydroxyl groups excluding tert-OH is 1. The lowest BCUT2D eigenvalue weighted by Gasteiger charge is -2.43.